The van der Waals surface area contributed by atoms with Crippen LogP contribution in [0.25, 0.3) is 0 Å². The summed E-state index contributed by atoms with van der Waals surface area (Å²) in [6, 6.07) is 0. The summed E-state index contributed by atoms with van der Waals surface area (Å²) in [7, 11) is 0. The van der Waals surface area contributed by atoms with Gasteiger partial charge in [0.05, 0.1) is 0 Å². The highest BCUT2D eigenvalue weighted by molar-refractivity contribution is 5.77. The van der Waals surface area contributed by atoms with E-state index in [0.29, 0.717) is 25.5 Å². The molecule has 3 unspecified atom stereocenters. The van der Waals surface area contributed by atoms with Crippen LogP contribution in [0.15, 0.2) is 0 Å². The molecule has 1 aliphatic heterocycles. The number of carbonyl (C=O) groups is 2. The molecule has 0 aromatic heterocycles. The predicted octanol–water partition coefficient (Wildman–Crippen LogP) is 0.753. The Balaban J connectivity index is 2.67. The number of aldehydes is 1. The maximum absolute atomic E-state index is 11.3. The standard InChI is InChI=1S/C11H19NO3/c1-3-8-6-12-11(14)5-9(8)10(7-13)15-4-2/h7-10H,3-6H2,1-2H3,(H,12,14). The molecule has 1 aliphatic rings. The molecule has 1 N–H and O–H groups in total. The van der Waals surface area contributed by atoms with Crippen LogP contribution in [0.4, 0.5) is 0 Å². The number of hydrogen-bond donors (Lipinski definition) is 1. The van der Waals surface area contributed by atoms with Gasteiger partial charge in [0.25, 0.3) is 0 Å². The van der Waals surface area contributed by atoms with E-state index in [1.54, 1.807) is 0 Å². The predicted molar refractivity (Wildman–Crippen MR) is 56.4 cm³/mol. The maximum Gasteiger partial charge on any atom is 0.220 e. The average Bonchev–Trinajstić information content (AvgIpc) is 2.26. The number of carbonyl (C=O) groups excluding carboxylic acids is 2. The lowest BCUT2D eigenvalue weighted by atomic mass is 9.81. The number of hydrogen-bond acceptors (Lipinski definition) is 3. The Bertz CT molecular complexity index is 230. The van der Waals surface area contributed by atoms with Crippen molar-refractivity contribution in [2.75, 3.05) is 13.2 Å². The summed E-state index contributed by atoms with van der Waals surface area (Å²) in [5.41, 5.74) is 0. The smallest absolute Gasteiger partial charge is 0.220 e. The van der Waals surface area contributed by atoms with Crippen LogP contribution < -0.4 is 5.32 Å². The van der Waals surface area contributed by atoms with E-state index in [1.807, 2.05) is 6.92 Å². The largest absolute Gasteiger partial charge is 0.371 e. The molecular weight excluding hydrogens is 194 g/mol. The maximum atomic E-state index is 11.3. The zero-order valence-corrected chi connectivity index (χ0v) is 9.36. The summed E-state index contributed by atoms with van der Waals surface area (Å²) in [5.74, 6) is 0.418. The van der Waals surface area contributed by atoms with Gasteiger partial charge in [0.15, 0.2) is 0 Å². The molecule has 0 aromatic rings. The first-order chi connectivity index (χ1) is 7.22. The summed E-state index contributed by atoms with van der Waals surface area (Å²) in [4.78, 5) is 22.2. The number of amides is 1. The van der Waals surface area contributed by atoms with E-state index in [1.165, 1.54) is 0 Å². The summed E-state index contributed by atoms with van der Waals surface area (Å²) >= 11 is 0. The zero-order chi connectivity index (χ0) is 11.3. The van der Waals surface area contributed by atoms with E-state index in [2.05, 4.69) is 12.2 Å². The number of piperidine rings is 1. The van der Waals surface area contributed by atoms with Gasteiger partial charge in [0.2, 0.25) is 5.91 Å². The van der Waals surface area contributed by atoms with Crippen LogP contribution in [-0.4, -0.2) is 31.4 Å². The second kappa shape index (κ2) is 5.85. The van der Waals surface area contributed by atoms with Crippen molar-refractivity contribution >= 4 is 12.2 Å². The summed E-state index contributed by atoms with van der Waals surface area (Å²) in [6.45, 7) is 5.11. The molecule has 86 valence electrons. The molecule has 0 bridgehead atoms. The second-order valence-electron chi connectivity index (χ2n) is 3.90. The van der Waals surface area contributed by atoms with Crippen molar-refractivity contribution in [3.8, 4) is 0 Å². The fourth-order valence-electron chi connectivity index (χ4n) is 2.14. The van der Waals surface area contributed by atoms with E-state index in [-0.39, 0.29) is 11.8 Å². The van der Waals surface area contributed by atoms with Crippen molar-refractivity contribution in [2.24, 2.45) is 11.8 Å². The molecule has 0 radical (unpaired) electrons. The van der Waals surface area contributed by atoms with Crippen LogP contribution in [-0.2, 0) is 14.3 Å². The molecule has 1 amide bonds. The lowest BCUT2D eigenvalue weighted by Crippen LogP contribution is -2.46. The number of nitrogens with one attached hydrogen (secondary N) is 1. The van der Waals surface area contributed by atoms with Gasteiger partial charge >= 0.3 is 0 Å². The third-order valence-electron chi connectivity index (χ3n) is 3.03. The van der Waals surface area contributed by atoms with Gasteiger partial charge in [0, 0.05) is 25.5 Å². The molecule has 3 atom stereocenters. The Morgan fingerprint density at radius 1 is 1.60 bits per heavy atom. The van der Waals surface area contributed by atoms with Gasteiger partial charge in [-0.3, -0.25) is 4.79 Å². The van der Waals surface area contributed by atoms with Gasteiger partial charge in [-0.2, -0.15) is 0 Å². The van der Waals surface area contributed by atoms with Crippen molar-refractivity contribution < 1.29 is 14.3 Å². The van der Waals surface area contributed by atoms with Crippen molar-refractivity contribution in [1.29, 1.82) is 0 Å². The van der Waals surface area contributed by atoms with Gasteiger partial charge in [-0.15, -0.1) is 0 Å². The van der Waals surface area contributed by atoms with Crippen molar-refractivity contribution in [1.82, 2.24) is 5.32 Å². The SMILES string of the molecule is CCOC(C=O)C1CC(=O)NCC1CC. The highest BCUT2D eigenvalue weighted by Gasteiger charge is 2.34. The first kappa shape index (κ1) is 12.2. The Kier molecular flexibility index (Phi) is 4.75. The van der Waals surface area contributed by atoms with Crippen molar-refractivity contribution in [2.45, 2.75) is 32.8 Å². The van der Waals surface area contributed by atoms with Crippen LogP contribution in [0.2, 0.25) is 0 Å². The lowest BCUT2D eigenvalue weighted by Gasteiger charge is -2.33. The quantitative estimate of drug-likeness (QED) is 0.686. The normalized spacial score (nSPS) is 28.3. The Morgan fingerprint density at radius 2 is 2.33 bits per heavy atom. The molecule has 4 nitrogen and oxygen atoms in total. The molecule has 0 aliphatic carbocycles. The summed E-state index contributed by atoms with van der Waals surface area (Å²) in [5, 5.41) is 2.82. The lowest BCUT2D eigenvalue weighted by molar-refractivity contribution is -0.132. The first-order valence-electron chi connectivity index (χ1n) is 5.56. The molecule has 0 spiro atoms. The van der Waals surface area contributed by atoms with Gasteiger partial charge in [-0.25, -0.2) is 0 Å². The van der Waals surface area contributed by atoms with E-state index < -0.39 is 6.10 Å². The third kappa shape index (κ3) is 3.02. The van der Waals surface area contributed by atoms with Crippen LogP contribution in [0, 0.1) is 11.8 Å². The Morgan fingerprint density at radius 3 is 2.87 bits per heavy atom. The number of rotatable bonds is 5. The van der Waals surface area contributed by atoms with Crippen LogP contribution >= 0.6 is 0 Å². The fourth-order valence-corrected chi connectivity index (χ4v) is 2.14. The van der Waals surface area contributed by atoms with Crippen LogP contribution in [0.5, 0.6) is 0 Å². The fraction of sp³-hybridized carbons (Fsp3) is 0.818. The van der Waals surface area contributed by atoms with Gasteiger partial charge < -0.3 is 14.8 Å². The second-order valence-corrected chi connectivity index (χ2v) is 3.90. The number of ether oxygens (including phenoxy) is 1. The van der Waals surface area contributed by atoms with Crippen LogP contribution in [0.1, 0.15) is 26.7 Å². The van der Waals surface area contributed by atoms with Crippen molar-refractivity contribution in [3.05, 3.63) is 0 Å². The minimum atomic E-state index is -0.425. The molecule has 1 rings (SSSR count). The minimum Gasteiger partial charge on any atom is -0.371 e. The molecule has 1 fully saturated rings. The molecule has 1 heterocycles. The van der Waals surface area contributed by atoms with E-state index in [4.69, 9.17) is 4.74 Å². The molecule has 0 saturated carbocycles. The van der Waals surface area contributed by atoms with E-state index in [9.17, 15) is 9.59 Å². The average molecular weight is 213 g/mol. The van der Waals surface area contributed by atoms with Gasteiger partial charge in [-0.1, -0.05) is 13.3 Å². The van der Waals surface area contributed by atoms with Crippen molar-refractivity contribution in [3.63, 3.8) is 0 Å². The van der Waals surface area contributed by atoms with Gasteiger partial charge in [0.1, 0.15) is 12.4 Å². The molecule has 1 saturated heterocycles. The van der Waals surface area contributed by atoms with Crippen LogP contribution in [0.3, 0.4) is 0 Å². The summed E-state index contributed by atoms with van der Waals surface area (Å²) < 4.78 is 5.36. The van der Waals surface area contributed by atoms with E-state index >= 15 is 0 Å². The topological polar surface area (TPSA) is 55.4 Å². The first-order valence-corrected chi connectivity index (χ1v) is 5.56. The molecule has 15 heavy (non-hydrogen) atoms. The zero-order valence-electron chi connectivity index (χ0n) is 9.36. The highest BCUT2D eigenvalue weighted by Crippen LogP contribution is 2.26. The third-order valence-corrected chi connectivity index (χ3v) is 3.03. The monoisotopic (exact) mass is 213 g/mol. The Labute approximate surface area is 90.4 Å². The molecular formula is C11H19NO3. The van der Waals surface area contributed by atoms with Gasteiger partial charge in [-0.05, 0) is 12.8 Å². The minimum absolute atomic E-state index is 0.0243. The summed E-state index contributed by atoms with van der Waals surface area (Å²) in [6.07, 6.45) is 1.77. The molecule has 4 heteroatoms. The van der Waals surface area contributed by atoms with E-state index in [0.717, 1.165) is 12.7 Å². The Hall–Kier alpha value is -0.900. The molecule has 0 aromatic carbocycles. The highest BCUT2D eigenvalue weighted by atomic mass is 16.5.